The molecule has 3 heterocycles. The summed E-state index contributed by atoms with van der Waals surface area (Å²) in [5.74, 6) is 0.978. The summed E-state index contributed by atoms with van der Waals surface area (Å²) in [4.78, 5) is 10.1. The van der Waals surface area contributed by atoms with Crippen LogP contribution in [0.3, 0.4) is 0 Å². The third-order valence-corrected chi connectivity index (χ3v) is 12.5. The van der Waals surface area contributed by atoms with Crippen molar-refractivity contribution in [2.75, 3.05) is 0 Å². The largest absolute Gasteiger partial charge is 0.309 e. The molecule has 62 heavy (non-hydrogen) atoms. The second-order valence-corrected chi connectivity index (χ2v) is 16.2. The predicted octanol–water partition coefficient (Wildman–Crippen LogP) is 14.9. The number of allylic oxidation sites excluding steroid dienone is 4. The molecule has 0 bridgehead atoms. The first-order valence-electron chi connectivity index (χ1n) is 21.3. The van der Waals surface area contributed by atoms with E-state index in [0.717, 1.165) is 51.7 Å². The van der Waals surface area contributed by atoms with Gasteiger partial charge in [-0.2, -0.15) is 0 Å². The minimum Gasteiger partial charge on any atom is -0.309 e. The molecule has 0 saturated carbocycles. The second kappa shape index (κ2) is 14.9. The quantitative estimate of drug-likeness (QED) is 0.161. The van der Waals surface area contributed by atoms with Crippen molar-refractivity contribution in [3.63, 3.8) is 0 Å². The Morgan fingerprint density at radius 3 is 1.47 bits per heavy atom. The Hall–Kier alpha value is -8.08. The van der Waals surface area contributed by atoms with Gasteiger partial charge in [0.25, 0.3) is 0 Å². The van der Waals surface area contributed by atoms with Crippen LogP contribution in [0.5, 0.6) is 0 Å². The zero-order valence-corrected chi connectivity index (χ0v) is 33.9. The first-order chi connectivity index (χ1) is 30.7. The van der Waals surface area contributed by atoms with Crippen LogP contribution in [0.1, 0.15) is 18.0 Å². The van der Waals surface area contributed by atoms with Crippen molar-refractivity contribution in [1.29, 1.82) is 0 Å². The highest BCUT2D eigenvalue weighted by atomic mass is 15.0. The van der Waals surface area contributed by atoms with E-state index in [1.807, 2.05) is 18.2 Å². The van der Waals surface area contributed by atoms with Gasteiger partial charge in [0, 0.05) is 50.0 Å². The van der Waals surface area contributed by atoms with Crippen LogP contribution in [0.25, 0.3) is 99.9 Å². The normalized spacial score (nSPS) is 13.8. The third kappa shape index (κ3) is 6.15. The van der Waals surface area contributed by atoms with Crippen molar-refractivity contribution in [2.45, 2.75) is 12.3 Å². The maximum absolute atomic E-state index is 5.09. The molecule has 0 N–H and O–H groups in total. The number of aromatic nitrogens is 4. The van der Waals surface area contributed by atoms with E-state index in [4.69, 9.17) is 9.97 Å². The van der Waals surface area contributed by atoms with Crippen LogP contribution in [0.4, 0.5) is 0 Å². The Kier molecular flexibility index (Phi) is 8.60. The standard InChI is InChI=1S/C58H40N4/c1-4-14-41(15-5-1)52-38-53(60-58(59-52)43-16-6-2-7-17-43)42-26-24-39(25-27-42)44-30-34-51-49-21-11-13-23-55(49)62(57(51)36-44)47-32-28-40(29-33-47)45-31-35-50-48-20-10-12-22-54(48)61(56(50)37-45)46-18-8-3-9-19-46/h1-14,16-38,41H,15H2. The van der Waals surface area contributed by atoms with Crippen LogP contribution in [-0.2, 0) is 0 Å². The van der Waals surface area contributed by atoms with E-state index in [2.05, 4.69) is 215 Å². The minimum absolute atomic E-state index is 0.224. The lowest BCUT2D eigenvalue weighted by atomic mass is 9.95. The van der Waals surface area contributed by atoms with E-state index < -0.39 is 0 Å². The molecule has 3 aromatic heterocycles. The Bertz CT molecular complexity index is 3520. The van der Waals surface area contributed by atoms with Crippen molar-refractivity contribution in [1.82, 2.24) is 19.1 Å². The highest BCUT2D eigenvalue weighted by Crippen LogP contribution is 2.38. The van der Waals surface area contributed by atoms with Gasteiger partial charge in [0.05, 0.1) is 33.5 Å². The molecule has 0 fully saturated rings. The van der Waals surface area contributed by atoms with Crippen LogP contribution < -0.4 is 0 Å². The van der Waals surface area contributed by atoms with Crippen molar-refractivity contribution in [3.8, 4) is 56.3 Å². The van der Waals surface area contributed by atoms with Gasteiger partial charge in [-0.1, -0.05) is 170 Å². The molecule has 8 aromatic carbocycles. The van der Waals surface area contributed by atoms with Gasteiger partial charge in [-0.05, 0) is 83.3 Å². The van der Waals surface area contributed by atoms with Gasteiger partial charge < -0.3 is 9.13 Å². The summed E-state index contributed by atoms with van der Waals surface area (Å²) in [6.07, 6.45) is 9.61. The second-order valence-electron chi connectivity index (χ2n) is 16.2. The maximum atomic E-state index is 5.09. The molecule has 0 spiro atoms. The van der Waals surface area contributed by atoms with Gasteiger partial charge in [0.2, 0.25) is 0 Å². The average Bonchev–Trinajstić information content (AvgIpc) is 3.87. The molecule has 1 aliphatic carbocycles. The molecule has 12 rings (SSSR count). The Morgan fingerprint density at radius 1 is 0.371 bits per heavy atom. The molecule has 1 aliphatic rings. The zero-order valence-electron chi connectivity index (χ0n) is 33.9. The van der Waals surface area contributed by atoms with E-state index in [0.29, 0.717) is 0 Å². The molecule has 0 aliphatic heterocycles. The Morgan fingerprint density at radius 2 is 0.871 bits per heavy atom. The summed E-state index contributed by atoms with van der Waals surface area (Å²) < 4.78 is 4.79. The van der Waals surface area contributed by atoms with Crippen molar-refractivity contribution >= 4 is 43.6 Å². The molecule has 0 radical (unpaired) electrons. The van der Waals surface area contributed by atoms with E-state index >= 15 is 0 Å². The molecular formula is C58H40N4. The molecular weight excluding hydrogens is 753 g/mol. The minimum atomic E-state index is 0.224. The van der Waals surface area contributed by atoms with E-state index in [-0.39, 0.29) is 5.92 Å². The summed E-state index contributed by atoms with van der Waals surface area (Å²) in [7, 11) is 0. The van der Waals surface area contributed by atoms with E-state index in [1.54, 1.807) is 0 Å². The Balaban J connectivity index is 0.909. The summed E-state index contributed by atoms with van der Waals surface area (Å²) in [6, 6.07) is 72.2. The topological polar surface area (TPSA) is 35.6 Å². The van der Waals surface area contributed by atoms with Gasteiger partial charge in [-0.3, -0.25) is 0 Å². The number of para-hydroxylation sites is 3. The molecule has 4 nitrogen and oxygen atoms in total. The number of nitrogens with zero attached hydrogens (tertiary/aromatic N) is 4. The monoisotopic (exact) mass is 792 g/mol. The molecule has 0 amide bonds. The molecule has 11 aromatic rings. The first-order valence-corrected chi connectivity index (χ1v) is 21.3. The number of hydrogen-bond donors (Lipinski definition) is 0. The average molecular weight is 793 g/mol. The summed E-state index contributed by atoms with van der Waals surface area (Å²) in [6.45, 7) is 0. The van der Waals surface area contributed by atoms with Crippen LogP contribution in [-0.4, -0.2) is 19.1 Å². The smallest absolute Gasteiger partial charge is 0.160 e. The number of fused-ring (bicyclic) bond motifs is 6. The first kappa shape index (κ1) is 35.8. The van der Waals surface area contributed by atoms with Crippen molar-refractivity contribution in [3.05, 3.63) is 230 Å². The van der Waals surface area contributed by atoms with E-state index in [1.165, 1.54) is 60.3 Å². The fourth-order valence-corrected chi connectivity index (χ4v) is 9.39. The maximum Gasteiger partial charge on any atom is 0.160 e. The van der Waals surface area contributed by atoms with Crippen LogP contribution in [0.15, 0.2) is 224 Å². The van der Waals surface area contributed by atoms with E-state index in [9.17, 15) is 0 Å². The molecule has 4 heteroatoms. The van der Waals surface area contributed by atoms with Gasteiger partial charge in [0.15, 0.2) is 5.82 Å². The van der Waals surface area contributed by atoms with Crippen molar-refractivity contribution < 1.29 is 0 Å². The molecule has 1 unspecified atom stereocenters. The Labute approximate surface area is 360 Å². The SMILES string of the molecule is C1=CCC(c2cc(-c3ccc(-c4ccc5c6ccccc6n(-c6ccc(-c7ccc8c9ccccc9n(-c9ccccc9)c8c7)cc6)c5c4)cc3)nc(-c3ccccc3)n2)C=C1. The zero-order chi connectivity index (χ0) is 41.0. The van der Waals surface area contributed by atoms with Gasteiger partial charge in [-0.25, -0.2) is 9.97 Å². The number of benzene rings is 8. The van der Waals surface area contributed by atoms with Crippen LogP contribution in [0.2, 0.25) is 0 Å². The fraction of sp³-hybridized carbons (Fsp3) is 0.0345. The molecule has 0 saturated heterocycles. The highest BCUT2D eigenvalue weighted by Gasteiger charge is 2.18. The van der Waals surface area contributed by atoms with Gasteiger partial charge >= 0.3 is 0 Å². The molecule has 1 atom stereocenters. The fourth-order valence-electron chi connectivity index (χ4n) is 9.39. The summed E-state index contributed by atoms with van der Waals surface area (Å²) >= 11 is 0. The molecule has 292 valence electrons. The van der Waals surface area contributed by atoms with Crippen LogP contribution >= 0.6 is 0 Å². The summed E-state index contributed by atoms with van der Waals surface area (Å²) in [5, 5.41) is 4.99. The van der Waals surface area contributed by atoms with Crippen molar-refractivity contribution in [2.24, 2.45) is 0 Å². The lowest BCUT2D eigenvalue weighted by molar-refractivity contribution is 0.811. The highest BCUT2D eigenvalue weighted by molar-refractivity contribution is 6.11. The lowest BCUT2D eigenvalue weighted by Crippen LogP contribution is -2.04. The third-order valence-electron chi connectivity index (χ3n) is 12.5. The summed E-state index contributed by atoms with van der Waals surface area (Å²) in [5.41, 5.74) is 15.8. The van der Waals surface area contributed by atoms with Gasteiger partial charge in [0.1, 0.15) is 0 Å². The van der Waals surface area contributed by atoms with Crippen LogP contribution in [0, 0.1) is 0 Å². The number of rotatable bonds is 7. The lowest BCUT2D eigenvalue weighted by Gasteiger charge is -2.15. The predicted molar refractivity (Wildman–Crippen MR) is 258 cm³/mol. The van der Waals surface area contributed by atoms with Gasteiger partial charge in [-0.15, -0.1) is 0 Å². The number of hydrogen-bond acceptors (Lipinski definition) is 2.